The molecule has 1 N–H and O–H groups in total. The number of pyridine rings is 1. The first-order chi connectivity index (χ1) is 11.0. The predicted molar refractivity (Wildman–Crippen MR) is 86.3 cm³/mol. The SMILES string of the molecule is CC1CCC(C(=O)Nc2ccnc(N3CCN(C)CC3=O)c2)O1. The van der Waals surface area contributed by atoms with Crippen LogP contribution in [0.1, 0.15) is 19.8 Å². The van der Waals surface area contributed by atoms with Crippen molar-refractivity contribution in [2.75, 3.05) is 36.9 Å². The Morgan fingerprint density at radius 2 is 2.22 bits per heavy atom. The highest BCUT2D eigenvalue weighted by molar-refractivity contribution is 5.97. The van der Waals surface area contributed by atoms with Gasteiger partial charge in [-0.15, -0.1) is 0 Å². The lowest BCUT2D eigenvalue weighted by molar-refractivity contribution is -0.126. The first kappa shape index (κ1) is 15.9. The van der Waals surface area contributed by atoms with Gasteiger partial charge in [0.1, 0.15) is 11.9 Å². The number of hydrogen-bond acceptors (Lipinski definition) is 5. The quantitative estimate of drug-likeness (QED) is 0.895. The van der Waals surface area contributed by atoms with Crippen LogP contribution in [-0.4, -0.2) is 60.6 Å². The van der Waals surface area contributed by atoms with Crippen LogP contribution in [-0.2, 0) is 14.3 Å². The maximum absolute atomic E-state index is 12.2. The molecule has 2 aliphatic heterocycles. The molecule has 124 valence electrons. The molecule has 0 saturated carbocycles. The summed E-state index contributed by atoms with van der Waals surface area (Å²) >= 11 is 0. The van der Waals surface area contributed by atoms with Crippen molar-refractivity contribution in [2.45, 2.75) is 32.0 Å². The summed E-state index contributed by atoms with van der Waals surface area (Å²) in [7, 11) is 1.92. The molecule has 2 fully saturated rings. The molecule has 2 saturated heterocycles. The van der Waals surface area contributed by atoms with Crippen LogP contribution in [0.4, 0.5) is 11.5 Å². The van der Waals surface area contributed by atoms with E-state index >= 15 is 0 Å². The van der Waals surface area contributed by atoms with E-state index in [1.54, 1.807) is 23.2 Å². The highest BCUT2D eigenvalue weighted by atomic mass is 16.5. The monoisotopic (exact) mass is 318 g/mol. The Morgan fingerprint density at radius 1 is 1.39 bits per heavy atom. The lowest BCUT2D eigenvalue weighted by atomic mass is 10.2. The molecule has 0 spiro atoms. The molecular weight excluding hydrogens is 296 g/mol. The normalized spacial score (nSPS) is 25.7. The molecule has 1 aromatic heterocycles. The molecule has 7 nitrogen and oxygen atoms in total. The van der Waals surface area contributed by atoms with Crippen LogP contribution in [0.2, 0.25) is 0 Å². The Hall–Kier alpha value is -1.99. The fraction of sp³-hybridized carbons (Fsp3) is 0.562. The van der Waals surface area contributed by atoms with Crippen molar-refractivity contribution in [2.24, 2.45) is 0 Å². The average molecular weight is 318 g/mol. The van der Waals surface area contributed by atoms with Gasteiger partial charge in [0.25, 0.3) is 5.91 Å². The van der Waals surface area contributed by atoms with E-state index in [1.807, 2.05) is 18.9 Å². The minimum absolute atomic E-state index is 0.0164. The number of aromatic nitrogens is 1. The van der Waals surface area contributed by atoms with E-state index in [1.165, 1.54) is 0 Å². The smallest absolute Gasteiger partial charge is 0.253 e. The average Bonchev–Trinajstić information content (AvgIpc) is 2.94. The minimum Gasteiger partial charge on any atom is -0.365 e. The van der Waals surface area contributed by atoms with E-state index in [2.05, 4.69) is 10.3 Å². The van der Waals surface area contributed by atoms with Gasteiger partial charge in [-0.3, -0.25) is 19.4 Å². The summed E-state index contributed by atoms with van der Waals surface area (Å²) in [5.74, 6) is 0.445. The second-order valence-electron chi connectivity index (χ2n) is 6.19. The molecule has 0 bridgehead atoms. The molecule has 2 unspecified atom stereocenters. The van der Waals surface area contributed by atoms with Gasteiger partial charge >= 0.3 is 0 Å². The van der Waals surface area contributed by atoms with Crippen molar-refractivity contribution < 1.29 is 14.3 Å². The second kappa shape index (κ2) is 6.64. The van der Waals surface area contributed by atoms with Crippen LogP contribution >= 0.6 is 0 Å². The Labute approximate surface area is 135 Å². The Balaban J connectivity index is 1.68. The number of piperazine rings is 1. The molecule has 0 aromatic carbocycles. The van der Waals surface area contributed by atoms with Crippen LogP contribution in [0.15, 0.2) is 18.3 Å². The lowest BCUT2D eigenvalue weighted by Gasteiger charge is -2.31. The number of amides is 2. The van der Waals surface area contributed by atoms with Crippen molar-refractivity contribution in [3.8, 4) is 0 Å². The first-order valence-electron chi connectivity index (χ1n) is 7.94. The van der Waals surface area contributed by atoms with Crippen LogP contribution in [0.5, 0.6) is 0 Å². The van der Waals surface area contributed by atoms with E-state index in [9.17, 15) is 9.59 Å². The van der Waals surface area contributed by atoms with E-state index in [0.29, 0.717) is 24.6 Å². The van der Waals surface area contributed by atoms with Crippen LogP contribution in [0.3, 0.4) is 0 Å². The van der Waals surface area contributed by atoms with Gasteiger partial charge in [-0.2, -0.15) is 0 Å². The zero-order valence-corrected chi connectivity index (χ0v) is 13.5. The highest BCUT2D eigenvalue weighted by Crippen LogP contribution is 2.22. The Morgan fingerprint density at radius 3 is 2.91 bits per heavy atom. The van der Waals surface area contributed by atoms with Gasteiger partial charge in [-0.05, 0) is 32.9 Å². The predicted octanol–water partition coefficient (Wildman–Crippen LogP) is 0.866. The molecule has 3 heterocycles. The summed E-state index contributed by atoms with van der Waals surface area (Å²) in [4.78, 5) is 32.2. The molecule has 0 radical (unpaired) electrons. The van der Waals surface area contributed by atoms with Crippen LogP contribution < -0.4 is 10.2 Å². The van der Waals surface area contributed by atoms with E-state index in [-0.39, 0.29) is 17.9 Å². The number of carbonyl (C=O) groups excluding carboxylic acids is 2. The lowest BCUT2D eigenvalue weighted by Crippen LogP contribution is -2.49. The van der Waals surface area contributed by atoms with Gasteiger partial charge < -0.3 is 10.1 Å². The van der Waals surface area contributed by atoms with Crippen LogP contribution in [0.25, 0.3) is 0 Å². The topological polar surface area (TPSA) is 74.8 Å². The van der Waals surface area contributed by atoms with Crippen molar-refractivity contribution in [3.05, 3.63) is 18.3 Å². The summed E-state index contributed by atoms with van der Waals surface area (Å²) in [6, 6.07) is 3.46. The molecule has 2 amide bonds. The summed E-state index contributed by atoms with van der Waals surface area (Å²) in [6.45, 7) is 3.75. The van der Waals surface area contributed by atoms with Gasteiger partial charge in [0, 0.05) is 31.0 Å². The third kappa shape index (κ3) is 3.68. The number of carbonyl (C=O) groups is 2. The van der Waals surface area contributed by atoms with Crippen LogP contribution in [0, 0.1) is 0 Å². The molecule has 7 heteroatoms. The van der Waals surface area contributed by atoms with Gasteiger partial charge in [-0.1, -0.05) is 0 Å². The fourth-order valence-electron chi connectivity index (χ4n) is 2.90. The maximum atomic E-state index is 12.2. The van der Waals surface area contributed by atoms with Gasteiger partial charge in [-0.25, -0.2) is 4.98 Å². The van der Waals surface area contributed by atoms with Gasteiger partial charge in [0.2, 0.25) is 5.91 Å². The van der Waals surface area contributed by atoms with Crippen molar-refractivity contribution in [3.63, 3.8) is 0 Å². The largest absolute Gasteiger partial charge is 0.365 e. The molecule has 0 aliphatic carbocycles. The van der Waals surface area contributed by atoms with Crippen molar-refractivity contribution >= 4 is 23.3 Å². The zero-order valence-electron chi connectivity index (χ0n) is 13.5. The number of ether oxygens (including phenoxy) is 1. The van der Waals surface area contributed by atoms with E-state index in [0.717, 1.165) is 19.4 Å². The van der Waals surface area contributed by atoms with E-state index < -0.39 is 6.10 Å². The van der Waals surface area contributed by atoms with Crippen molar-refractivity contribution in [1.29, 1.82) is 0 Å². The maximum Gasteiger partial charge on any atom is 0.253 e. The zero-order chi connectivity index (χ0) is 16.4. The molecule has 2 atom stereocenters. The van der Waals surface area contributed by atoms with Gasteiger partial charge in [0.15, 0.2) is 0 Å². The fourth-order valence-corrected chi connectivity index (χ4v) is 2.90. The first-order valence-corrected chi connectivity index (χ1v) is 7.94. The third-order valence-electron chi connectivity index (χ3n) is 4.23. The molecule has 23 heavy (non-hydrogen) atoms. The minimum atomic E-state index is -0.396. The standard InChI is InChI=1S/C16H22N4O3/c1-11-3-4-13(23-11)16(22)18-12-5-6-17-14(9-12)20-8-7-19(2)10-15(20)21/h5-6,9,11,13H,3-4,7-8,10H2,1-2H3,(H,17,18,22). The summed E-state index contributed by atoms with van der Waals surface area (Å²) in [6.07, 6.45) is 2.97. The summed E-state index contributed by atoms with van der Waals surface area (Å²) in [5, 5.41) is 2.86. The number of nitrogens with one attached hydrogen (secondary N) is 1. The number of rotatable bonds is 3. The number of nitrogens with zero attached hydrogens (tertiary/aromatic N) is 3. The summed E-state index contributed by atoms with van der Waals surface area (Å²) < 4.78 is 5.57. The molecular formula is C16H22N4O3. The highest BCUT2D eigenvalue weighted by Gasteiger charge is 2.28. The second-order valence-corrected chi connectivity index (χ2v) is 6.19. The number of anilines is 2. The Kier molecular flexibility index (Phi) is 4.58. The third-order valence-corrected chi connectivity index (χ3v) is 4.23. The van der Waals surface area contributed by atoms with E-state index in [4.69, 9.17) is 4.74 Å². The molecule has 2 aliphatic rings. The van der Waals surface area contributed by atoms with Crippen molar-refractivity contribution in [1.82, 2.24) is 9.88 Å². The van der Waals surface area contributed by atoms with Gasteiger partial charge in [0.05, 0.1) is 12.6 Å². The number of hydrogen-bond donors (Lipinski definition) is 1. The summed E-state index contributed by atoms with van der Waals surface area (Å²) in [5.41, 5.74) is 0.634. The number of likely N-dealkylation sites (N-methyl/N-ethyl adjacent to an activating group) is 1. The molecule has 3 rings (SSSR count). The Bertz CT molecular complexity index is 607. The molecule has 1 aromatic rings.